The maximum Gasteiger partial charge on any atom is 0.237 e. The molecule has 0 spiro atoms. The molecule has 0 fully saturated rings. The fourth-order valence-electron chi connectivity index (χ4n) is 2.26. The quantitative estimate of drug-likeness (QED) is 0.582. The number of nitrogens with zero attached hydrogens (tertiary/aromatic N) is 3. The van der Waals surface area contributed by atoms with Crippen molar-refractivity contribution in [2.75, 3.05) is 12.4 Å². The van der Waals surface area contributed by atoms with E-state index in [9.17, 15) is 4.79 Å². The van der Waals surface area contributed by atoms with Gasteiger partial charge < -0.3 is 10.1 Å². The van der Waals surface area contributed by atoms with E-state index in [4.69, 9.17) is 27.9 Å². The topological polar surface area (TPSA) is 69.0 Å². The van der Waals surface area contributed by atoms with Crippen molar-refractivity contribution in [1.29, 1.82) is 0 Å². The molecule has 1 aromatic heterocycles. The van der Waals surface area contributed by atoms with Crippen LogP contribution >= 0.6 is 35.0 Å². The lowest BCUT2D eigenvalue weighted by molar-refractivity contribution is -0.115. The minimum atomic E-state index is -0.429. The first-order valence-corrected chi connectivity index (χ1v) is 9.58. The first-order chi connectivity index (χ1) is 13.0. The highest BCUT2D eigenvalue weighted by Crippen LogP contribution is 2.28. The molecule has 0 aliphatic heterocycles. The summed E-state index contributed by atoms with van der Waals surface area (Å²) in [6, 6.07) is 12.4. The van der Waals surface area contributed by atoms with Gasteiger partial charge in [-0.1, -0.05) is 35.0 Å². The van der Waals surface area contributed by atoms with E-state index in [-0.39, 0.29) is 5.91 Å². The molecule has 9 heteroatoms. The molecule has 0 bridgehead atoms. The molecule has 2 aromatic carbocycles. The SMILES string of the molecule is COc1ccc(-n2cnnc2SC(C)C(=O)Nc2cc(Cl)ccc2Cl)cc1. The van der Waals surface area contributed by atoms with Gasteiger partial charge in [0.05, 0.1) is 23.1 Å². The molecule has 1 atom stereocenters. The highest BCUT2D eigenvalue weighted by molar-refractivity contribution is 8.00. The summed E-state index contributed by atoms with van der Waals surface area (Å²) in [5.74, 6) is 0.542. The number of carbonyl (C=O) groups is 1. The Kier molecular flexibility index (Phi) is 6.26. The molecule has 0 saturated heterocycles. The van der Waals surface area contributed by atoms with Gasteiger partial charge in [-0.05, 0) is 49.4 Å². The van der Waals surface area contributed by atoms with Crippen LogP contribution in [0.5, 0.6) is 5.75 Å². The predicted octanol–water partition coefficient (Wildman–Crippen LogP) is 4.70. The molecule has 0 saturated carbocycles. The minimum Gasteiger partial charge on any atom is -0.497 e. The van der Waals surface area contributed by atoms with E-state index in [0.29, 0.717) is 20.9 Å². The van der Waals surface area contributed by atoms with Crippen molar-refractivity contribution < 1.29 is 9.53 Å². The molecule has 1 heterocycles. The third kappa shape index (κ3) is 4.74. The molecule has 1 amide bonds. The summed E-state index contributed by atoms with van der Waals surface area (Å²) in [5.41, 5.74) is 1.34. The Morgan fingerprint density at radius 1 is 1.22 bits per heavy atom. The van der Waals surface area contributed by atoms with Gasteiger partial charge in [0, 0.05) is 10.7 Å². The van der Waals surface area contributed by atoms with E-state index >= 15 is 0 Å². The van der Waals surface area contributed by atoms with Crippen molar-refractivity contribution in [3.05, 3.63) is 58.8 Å². The Balaban J connectivity index is 1.72. The van der Waals surface area contributed by atoms with Crippen LogP contribution in [-0.2, 0) is 4.79 Å². The smallest absolute Gasteiger partial charge is 0.237 e. The van der Waals surface area contributed by atoms with Crippen molar-refractivity contribution in [2.45, 2.75) is 17.3 Å². The zero-order chi connectivity index (χ0) is 19.4. The van der Waals surface area contributed by atoms with Crippen LogP contribution < -0.4 is 10.1 Å². The number of halogens is 2. The molecule has 3 rings (SSSR count). The fraction of sp³-hybridized carbons (Fsp3) is 0.167. The van der Waals surface area contributed by atoms with E-state index in [1.54, 1.807) is 43.1 Å². The van der Waals surface area contributed by atoms with Crippen LogP contribution in [-0.4, -0.2) is 33.0 Å². The molecule has 27 heavy (non-hydrogen) atoms. The van der Waals surface area contributed by atoms with Crippen LogP contribution in [0.2, 0.25) is 10.0 Å². The van der Waals surface area contributed by atoms with Gasteiger partial charge in [-0.2, -0.15) is 0 Å². The predicted molar refractivity (Wildman–Crippen MR) is 108 cm³/mol. The van der Waals surface area contributed by atoms with Gasteiger partial charge in [-0.3, -0.25) is 9.36 Å². The van der Waals surface area contributed by atoms with E-state index < -0.39 is 5.25 Å². The van der Waals surface area contributed by atoms with E-state index in [1.165, 1.54) is 11.8 Å². The first-order valence-electron chi connectivity index (χ1n) is 7.95. The van der Waals surface area contributed by atoms with Crippen molar-refractivity contribution >= 4 is 46.6 Å². The molecular weight excluding hydrogens is 407 g/mol. The van der Waals surface area contributed by atoms with E-state index in [0.717, 1.165) is 11.4 Å². The average Bonchev–Trinajstić information content (AvgIpc) is 3.12. The maximum absolute atomic E-state index is 12.5. The van der Waals surface area contributed by atoms with Gasteiger partial charge in [-0.15, -0.1) is 10.2 Å². The van der Waals surface area contributed by atoms with E-state index in [2.05, 4.69) is 15.5 Å². The van der Waals surface area contributed by atoms with Gasteiger partial charge in [0.1, 0.15) is 12.1 Å². The normalized spacial score (nSPS) is 11.9. The zero-order valence-electron chi connectivity index (χ0n) is 14.5. The number of methoxy groups -OCH3 is 1. The van der Waals surface area contributed by atoms with Crippen LogP contribution in [0.25, 0.3) is 5.69 Å². The summed E-state index contributed by atoms with van der Waals surface area (Å²) in [6.45, 7) is 1.78. The molecule has 140 valence electrons. The fourth-order valence-corrected chi connectivity index (χ4v) is 3.44. The molecule has 3 aromatic rings. The van der Waals surface area contributed by atoms with Crippen LogP contribution in [0.1, 0.15) is 6.92 Å². The van der Waals surface area contributed by atoms with Crippen LogP contribution in [0.15, 0.2) is 53.9 Å². The summed E-state index contributed by atoms with van der Waals surface area (Å²) in [7, 11) is 1.61. The van der Waals surface area contributed by atoms with Gasteiger partial charge in [0.2, 0.25) is 5.91 Å². The maximum atomic E-state index is 12.5. The van der Waals surface area contributed by atoms with Crippen molar-refractivity contribution in [2.24, 2.45) is 0 Å². The number of ether oxygens (including phenoxy) is 1. The minimum absolute atomic E-state index is 0.214. The zero-order valence-corrected chi connectivity index (χ0v) is 16.8. The molecule has 0 aliphatic rings. The third-order valence-electron chi connectivity index (χ3n) is 3.70. The second kappa shape index (κ2) is 8.65. The van der Waals surface area contributed by atoms with Crippen molar-refractivity contribution in [3.63, 3.8) is 0 Å². The summed E-state index contributed by atoms with van der Waals surface area (Å²) in [5, 5.41) is 11.9. The van der Waals surface area contributed by atoms with Gasteiger partial charge in [0.15, 0.2) is 5.16 Å². The Hall–Kier alpha value is -2.22. The second-order valence-electron chi connectivity index (χ2n) is 5.56. The number of anilines is 1. The van der Waals surface area contributed by atoms with Crippen molar-refractivity contribution in [1.82, 2.24) is 14.8 Å². The Bertz CT molecular complexity index is 947. The molecule has 0 aliphatic carbocycles. The monoisotopic (exact) mass is 422 g/mol. The van der Waals surface area contributed by atoms with Gasteiger partial charge in [-0.25, -0.2) is 0 Å². The molecular formula is C18H16Cl2N4O2S. The Morgan fingerprint density at radius 3 is 2.67 bits per heavy atom. The number of carbonyl (C=O) groups excluding carboxylic acids is 1. The number of amides is 1. The van der Waals surface area contributed by atoms with Crippen molar-refractivity contribution in [3.8, 4) is 11.4 Å². The lowest BCUT2D eigenvalue weighted by Gasteiger charge is -2.13. The van der Waals surface area contributed by atoms with Crippen LogP contribution in [0.4, 0.5) is 5.69 Å². The van der Waals surface area contributed by atoms with Gasteiger partial charge >= 0.3 is 0 Å². The number of rotatable bonds is 6. The Labute approximate surface area is 170 Å². The lowest BCUT2D eigenvalue weighted by atomic mass is 10.3. The number of thioether (sulfide) groups is 1. The largest absolute Gasteiger partial charge is 0.497 e. The number of hydrogen-bond acceptors (Lipinski definition) is 5. The van der Waals surface area contributed by atoms with Gasteiger partial charge in [0.25, 0.3) is 0 Å². The second-order valence-corrected chi connectivity index (χ2v) is 7.71. The molecule has 0 radical (unpaired) electrons. The molecule has 6 nitrogen and oxygen atoms in total. The Morgan fingerprint density at radius 2 is 1.96 bits per heavy atom. The van der Waals surface area contributed by atoms with Crippen LogP contribution in [0.3, 0.4) is 0 Å². The first kappa shape index (κ1) is 19.5. The highest BCUT2D eigenvalue weighted by Gasteiger charge is 2.19. The highest BCUT2D eigenvalue weighted by atomic mass is 35.5. The lowest BCUT2D eigenvalue weighted by Crippen LogP contribution is -2.23. The number of hydrogen-bond donors (Lipinski definition) is 1. The van der Waals surface area contributed by atoms with E-state index in [1.807, 2.05) is 24.3 Å². The summed E-state index contributed by atoms with van der Waals surface area (Å²) >= 11 is 13.3. The number of aromatic nitrogens is 3. The average molecular weight is 423 g/mol. The molecule has 1 N–H and O–H groups in total. The number of nitrogens with one attached hydrogen (secondary N) is 1. The number of benzene rings is 2. The third-order valence-corrected chi connectivity index (χ3v) is 5.33. The molecule has 1 unspecified atom stereocenters. The summed E-state index contributed by atoms with van der Waals surface area (Å²) in [4.78, 5) is 12.5. The van der Waals surface area contributed by atoms with Crippen LogP contribution in [0, 0.1) is 0 Å². The summed E-state index contributed by atoms with van der Waals surface area (Å²) < 4.78 is 6.97. The summed E-state index contributed by atoms with van der Waals surface area (Å²) in [6.07, 6.45) is 1.60. The standard InChI is InChI=1S/C18H16Cl2N4O2S/c1-11(17(25)22-16-9-12(19)3-8-15(16)20)27-18-23-21-10-24(18)13-4-6-14(26-2)7-5-13/h3-11H,1-2H3,(H,22,25).